The topological polar surface area (TPSA) is 68.7 Å². The van der Waals surface area contributed by atoms with Crippen LogP contribution in [-0.4, -0.2) is 38.0 Å². The molecule has 1 fully saturated rings. The Balaban J connectivity index is 1.95. The molecular formula is C22H19F3N2O4S. The number of hydrogen-bond donors (Lipinski definition) is 0. The second-order valence-corrected chi connectivity index (χ2v) is 9.18. The van der Waals surface area contributed by atoms with Gasteiger partial charge in [-0.3, -0.25) is 4.84 Å². The van der Waals surface area contributed by atoms with Gasteiger partial charge in [-0.1, -0.05) is 36.4 Å². The number of pyridine rings is 1. The van der Waals surface area contributed by atoms with E-state index in [1.165, 1.54) is 37.6 Å². The van der Waals surface area contributed by atoms with Crippen LogP contribution in [0.4, 0.5) is 18.9 Å². The minimum atomic E-state index is -4.95. The highest BCUT2D eigenvalue weighted by molar-refractivity contribution is 7.92. The fraction of sp³-hybridized carbons (Fsp3) is 0.227. The Labute approximate surface area is 183 Å². The number of benzene rings is 2. The van der Waals surface area contributed by atoms with Crippen molar-refractivity contribution >= 4 is 15.5 Å². The molecule has 1 aromatic heterocycles. The summed E-state index contributed by atoms with van der Waals surface area (Å²) in [7, 11) is -3.15. The summed E-state index contributed by atoms with van der Waals surface area (Å²) in [6, 6.07) is 17.1. The summed E-state index contributed by atoms with van der Waals surface area (Å²) in [6.07, 6.45) is -6.33. The number of halogens is 3. The lowest BCUT2D eigenvalue weighted by Gasteiger charge is -2.27. The summed E-state index contributed by atoms with van der Waals surface area (Å²) in [4.78, 5) is 9.15. The van der Waals surface area contributed by atoms with Gasteiger partial charge in [-0.2, -0.15) is 13.2 Å². The number of aromatic nitrogens is 1. The van der Waals surface area contributed by atoms with Gasteiger partial charge >= 0.3 is 6.18 Å². The molecule has 0 unspecified atom stereocenters. The summed E-state index contributed by atoms with van der Waals surface area (Å²) >= 11 is 0. The molecule has 0 radical (unpaired) electrons. The average molecular weight is 464 g/mol. The Morgan fingerprint density at radius 3 is 2.34 bits per heavy atom. The van der Waals surface area contributed by atoms with Gasteiger partial charge in [0, 0.05) is 6.20 Å². The summed E-state index contributed by atoms with van der Waals surface area (Å²) in [5, 5.41) is -1.45. The largest absolute Gasteiger partial charge is 0.497 e. The number of ether oxygens (including phenoxy) is 1. The molecule has 10 heteroatoms. The third-order valence-corrected chi connectivity index (χ3v) is 7.19. The second-order valence-electron chi connectivity index (χ2n) is 7.13. The molecule has 0 saturated carbocycles. The number of anilines is 1. The predicted molar refractivity (Wildman–Crippen MR) is 111 cm³/mol. The summed E-state index contributed by atoms with van der Waals surface area (Å²) in [5.41, 5.74) is 0.581. The summed E-state index contributed by atoms with van der Waals surface area (Å²) in [6.45, 7) is 0. The van der Waals surface area contributed by atoms with Crippen molar-refractivity contribution in [1.29, 1.82) is 0 Å². The van der Waals surface area contributed by atoms with Crippen LogP contribution in [0.1, 0.15) is 11.6 Å². The van der Waals surface area contributed by atoms with Crippen molar-refractivity contribution in [1.82, 2.24) is 4.98 Å². The highest BCUT2D eigenvalue weighted by Crippen LogP contribution is 2.48. The van der Waals surface area contributed by atoms with Gasteiger partial charge in [-0.05, 0) is 42.0 Å². The maximum Gasteiger partial charge on any atom is 0.418 e. The van der Waals surface area contributed by atoms with E-state index in [9.17, 15) is 21.6 Å². The fourth-order valence-electron chi connectivity index (χ4n) is 3.73. The van der Waals surface area contributed by atoms with Gasteiger partial charge in [0.1, 0.15) is 17.0 Å². The molecule has 2 aromatic carbocycles. The second kappa shape index (κ2) is 8.44. The molecule has 3 atom stereocenters. The van der Waals surface area contributed by atoms with E-state index in [-0.39, 0.29) is 5.69 Å². The number of hydroxylamine groups is 1. The van der Waals surface area contributed by atoms with Crippen LogP contribution in [0.25, 0.3) is 0 Å². The lowest BCUT2D eigenvalue weighted by molar-refractivity contribution is -0.208. The van der Waals surface area contributed by atoms with E-state index in [0.29, 0.717) is 11.3 Å². The molecule has 32 heavy (non-hydrogen) atoms. The van der Waals surface area contributed by atoms with Crippen LogP contribution in [0.3, 0.4) is 0 Å². The Morgan fingerprint density at radius 2 is 1.72 bits per heavy atom. The van der Waals surface area contributed by atoms with Crippen molar-refractivity contribution in [2.45, 2.75) is 28.6 Å². The van der Waals surface area contributed by atoms with E-state index in [2.05, 4.69) is 4.98 Å². The molecule has 0 aliphatic carbocycles. The Hall–Kier alpha value is -3.11. The van der Waals surface area contributed by atoms with E-state index in [0.717, 1.165) is 5.06 Å². The van der Waals surface area contributed by atoms with Crippen LogP contribution in [-0.2, 0) is 14.7 Å². The first kappa shape index (κ1) is 22.1. The molecule has 2 heterocycles. The first-order valence-electron chi connectivity index (χ1n) is 9.60. The fourth-order valence-corrected chi connectivity index (χ4v) is 5.62. The van der Waals surface area contributed by atoms with Crippen LogP contribution < -0.4 is 9.80 Å². The molecule has 3 aromatic rings. The van der Waals surface area contributed by atoms with Crippen molar-refractivity contribution in [2.24, 2.45) is 0 Å². The van der Waals surface area contributed by atoms with Crippen LogP contribution in [0, 0.1) is 0 Å². The zero-order valence-electron chi connectivity index (χ0n) is 16.8. The van der Waals surface area contributed by atoms with Crippen molar-refractivity contribution in [3.05, 3.63) is 84.6 Å². The first-order valence-corrected chi connectivity index (χ1v) is 11.1. The normalized spacial score (nSPS) is 21.5. The number of sulfone groups is 1. The van der Waals surface area contributed by atoms with E-state index in [1.807, 2.05) is 0 Å². The van der Waals surface area contributed by atoms with E-state index in [1.54, 1.807) is 48.5 Å². The van der Waals surface area contributed by atoms with E-state index in [4.69, 9.17) is 9.57 Å². The highest BCUT2D eigenvalue weighted by Gasteiger charge is 2.62. The quantitative estimate of drug-likeness (QED) is 0.559. The third kappa shape index (κ3) is 4.03. The van der Waals surface area contributed by atoms with E-state index >= 15 is 0 Å². The Kier molecular flexibility index (Phi) is 5.83. The number of para-hydroxylation sites is 1. The monoisotopic (exact) mass is 464 g/mol. The average Bonchev–Trinajstić information content (AvgIpc) is 3.23. The van der Waals surface area contributed by atoms with Crippen molar-refractivity contribution in [2.75, 3.05) is 12.2 Å². The zero-order valence-corrected chi connectivity index (χ0v) is 17.6. The minimum Gasteiger partial charge on any atom is -0.497 e. The van der Waals surface area contributed by atoms with Crippen LogP contribution in [0.5, 0.6) is 5.75 Å². The molecule has 6 nitrogen and oxygen atoms in total. The van der Waals surface area contributed by atoms with Gasteiger partial charge < -0.3 is 4.74 Å². The predicted octanol–water partition coefficient (Wildman–Crippen LogP) is 4.36. The summed E-state index contributed by atoms with van der Waals surface area (Å²) < 4.78 is 74.6. The van der Waals surface area contributed by atoms with Crippen LogP contribution >= 0.6 is 0 Å². The highest BCUT2D eigenvalue weighted by atomic mass is 32.2. The minimum absolute atomic E-state index is 0.285. The Bertz CT molecular complexity index is 1170. The van der Waals surface area contributed by atoms with Crippen LogP contribution in [0.15, 0.2) is 84.0 Å². The molecule has 0 amide bonds. The maximum absolute atomic E-state index is 14.1. The van der Waals surface area contributed by atoms with Gasteiger partial charge in [0.05, 0.1) is 12.8 Å². The molecular weight excluding hydrogens is 445 g/mol. The molecule has 0 N–H and O–H groups in total. The van der Waals surface area contributed by atoms with Gasteiger partial charge in [0.15, 0.2) is 5.03 Å². The SMILES string of the molecule is COc1cccc([C@@H]2[C@@H](S(=O)(=O)c3ccccn3)[C@H](C(F)(F)F)ON2c2ccccc2)c1. The van der Waals surface area contributed by atoms with Crippen LogP contribution in [0.2, 0.25) is 0 Å². The maximum atomic E-state index is 14.1. The van der Waals surface area contributed by atoms with Crippen molar-refractivity contribution < 1.29 is 31.2 Å². The number of alkyl halides is 3. The number of methoxy groups -OCH3 is 1. The summed E-state index contributed by atoms with van der Waals surface area (Å²) in [5.74, 6) is 0.375. The molecule has 168 valence electrons. The number of rotatable bonds is 5. The van der Waals surface area contributed by atoms with Gasteiger partial charge in [-0.15, -0.1) is 0 Å². The standard InChI is InChI=1S/C22H19F3N2O4S/c1-30-17-11-7-8-15(14-17)19-20(32(28,29)18-12-5-6-13-26-18)21(22(23,24)25)31-27(19)16-9-3-2-4-10-16/h2-14,19-21H,1H3/t19-,20-,21-/m1/s1. The first-order chi connectivity index (χ1) is 15.2. The van der Waals surface area contributed by atoms with Crippen molar-refractivity contribution in [3.8, 4) is 5.75 Å². The Morgan fingerprint density at radius 1 is 1.00 bits per heavy atom. The van der Waals surface area contributed by atoms with Gasteiger partial charge in [-0.25, -0.2) is 18.5 Å². The number of hydrogen-bond acceptors (Lipinski definition) is 6. The van der Waals surface area contributed by atoms with Gasteiger partial charge in [0.2, 0.25) is 15.9 Å². The molecule has 1 aliphatic heterocycles. The molecule has 1 saturated heterocycles. The lowest BCUT2D eigenvalue weighted by atomic mass is 10.00. The molecule has 0 bridgehead atoms. The number of nitrogens with zero attached hydrogens (tertiary/aromatic N) is 2. The molecule has 1 aliphatic rings. The molecule has 4 rings (SSSR count). The van der Waals surface area contributed by atoms with Crippen molar-refractivity contribution in [3.63, 3.8) is 0 Å². The zero-order chi connectivity index (χ0) is 22.9. The van der Waals surface area contributed by atoms with Gasteiger partial charge in [0.25, 0.3) is 0 Å². The van der Waals surface area contributed by atoms with E-state index < -0.39 is 38.4 Å². The third-order valence-electron chi connectivity index (χ3n) is 5.15. The smallest absolute Gasteiger partial charge is 0.418 e. The molecule has 0 spiro atoms. The lowest BCUT2D eigenvalue weighted by Crippen LogP contribution is -2.43.